The van der Waals surface area contributed by atoms with Crippen molar-refractivity contribution in [3.8, 4) is 5.75 Å². The summed E-state index contributed by atoms with van der Waals surface area (Å²) >= 11 is 0. The molecule has 1 aliphatic heterocycles. The van der Waals surface area contributed by atoms with Crippen molar-refractivity contribution in [3.63, 3.8) is 0 Å². The Kier molecular flexibility index (Phi) is 7.59. The molecule has 3 rings (SSSR count). The summed E-state index contributed by atoms with van der Waals surface area (Å²) in [6.45, 7) is 5.62. The first-order chi connectivity index (χ1) is 15.1. The average molecular weight is 460 g/mol. The van der Waals surface area contributed by atoms with Gasteiger partial charge in [-0.05, 0) is 80.3 Å². The zero-order valence-electron chi connectivity index (χ0n) is 19.6. The minimum atomic E-state index is -3.72. The van der Waals surface area contributed by atoms with E-state index in [1.165, 1.54) is 22.5 Å². The summed E-state index contributed by atoms with van der Waals surface area (Å²) in [7, 11) is 1.45. The number of amides is 1. The Balaban J connectivity index is 1.64. The normalized spacial score (nSPS) is 14.7. The van der Waals surface area contributed by atoms with Crippen LogP contribution in [0.3, 0.4) is 0 Å². The molecular weight excluding hydrogens is 426 g/mol. The largest absolute Gasteiger partial charge is 0.497 e. The van der Waals surface area contributed by atoms with Crippen molar-refractivity contribution in [2.75, 3.05) is 46.2 Å². The average Bonchev–Trinajstić information content (AvgIpc) is 2.92. The molecule has 0 aromatic heterocycles. The first-order valence-electron chi connectivity index (χ1n) is 10.8. The first kappa shape index (κ1) is 24.2. The van der Waals surface area contributed by atoms with E-state index in [0.717, 1.165) is 31.6 Å². The smallest absolute Gasteiger partial charge is 0.243 e. The fourth-order valence-corrected chi connectivity index (χ4v) is 5.68. The number of carbonyl (C=O) groups excluding carboxylic acids is 1. The lowest BCUT2D eigenvalue weighted by Crippen LogP contribution is -2.31. The lowest BCUT2D eigenvalue weighted by Gasteiger charge is -2.20. The minimum Gasteiger partial charge on any atom is -0.497 e. The number of likely N-dealkylation sites (N-methyl/N-ethyl adjacent to an activating group) is 1. The molecule has 2 aromatic carbocycles. The quantitative estimate of drug-likeness (QED) is 0.689. The Hall–Kier alpha value is -2.42. The highest BCUT2D eigenvalue weighted by atomic mass is 32.2. The monoisotopic (exact) mass is 459 g/mol. The summed E-state index contributed by atoms with van der Waals surface area (Å²) in [6.07, 6.45) is 2.04. The van der Waals surface area contributed by atoms with E-state index in [-0.39, 0.29) is 23.8 Å². The zero-order valence-corrected chi connectivity index (χ0v) is 20.4. The highest BCUT2D eigenvalue weighted by Gasteiger charge is 2.26. The van der Waals surface area contributed by atoms with Crippen molar-refractivity contribution in [2.24, 2.45) is 0 Å². The van der Waals surface area contributed by atoms with Gasteiger partial charge in [-0.3, -0.25) is 4.79 Å². The van der Waals surface area contributed by atoms with Gasteiger partial charge in [0.05, 0.1) is 12.0 Å². The number of sulfonamides is 1. The predicted molar refractivity (Wildman–Crippen MR) is 127 cm³/mol. The molecule has 1 amide bonds. The molecule has 2 aromatic rings. The van der Waals surface area contributed by atoms with Gasteiger partial charge in [0.2, 0.25) is 15.9 Å². The van der Waals surface area contributed by atoms with Crippen LogP contribution < -0.4 is 10.1 Å². The van der Waals surface area contributed by atoms with Crippen LogP contribution in [0.1, 0.15) is 28.7 Å². The molecular formula is C24H33N3O4S. The van der Waals surface area contributed by atoms with Crippen LogP contribution >= 0.6 is 0 Å². The van der Waals surface area contributed by atoms with Crippen LogP contribution in [0.4, 0.5) is 5.69 Å². The molecule has 0 unspecified atom stereocenters. The van der Waals surface area contributed by atoms with Crippen molar-refractivity contribution in [1.82, 2.24) is 9.21 Å². The van der Waals surface area contributed by atoms with Gasteiger partial charge in [-0.1, -0.05) is 6.07 Å². The van der Waals surface area contributed by atoms with Crippen LogP contribution in [0.15, 0.2) is 35.2 Å². The Labute approximate surface area is 191 Å². The van der Waals surface area contributed by atoms with Gasteiger partial charge in [0, 0.05) is 38.8 Å². The van der Waals surface area contributed by atoms with Crippen LogP contribution in [-0.2, 0) is 27.7 Å². The SMILES string of the molecule is COc1cc(C)c(S(=O)(=O)N(C)CCC(=O)Nc2ccc3c(c2)CCN(C)CC3)c(C)c1. The van der Waals surface area contributed by atoms with E-state index < -0.39 is 10.0 Å². The molecule has 0 fully saturated rings. The van der Waals surface area contributed by atoms with Crippen LogP contribution in [0.5, 0.6) is 5.75 Å². The summed E-state index contributed by atoms with van der Waals surface area (Å²) in [5.41, 5.74) is 4.58. The summed E-state index contributed by atoms with van der Waals surface area (Å²) in [6, 6.07) is 9.45. The van der Waals surface area contributed by atoms with Gasteiger partial charge in [0.25, 0.3) is 0 Å². The van der Waals surface area contributed by atoms with E-state index in [9.17, 15) is 13.2 Å². The van der Waals surface area contributed by atoms with Gasteiger partial charge >= 0.3 is 0 Å². The molecule has 0 radical (unpaired) electrons. The molecule has 0 saturated heterocycles. The van der Waals surface area contributed by atoms with E-state index in [1.807, 2.05) is 12.1 Å². The summed E-state index contributed by atoms with van der Waals surface area (Å²) in [4.78, 5) is 15.1. The molecule has 0 bridgehead atoms. The van der Waals surface area contributed by atoms with Crippen molar-refractivity contribution in [3.05, 3.63) is 52.6 Å². The second-order valence-electron chi connectivity index (χ2n) is 8.50. The molecule has 174 valence electrons. The maximum absolute atomic E-state index is 13.1. The second-order valence-corrected chi connectivity index (χ2v) is 10.5. The number of ether oxygens (including phenoxy) is 1. The molecule has 0 atom stereocenters. The lowest BCUT2D eigenvalue weighted by molar-refractivity contribution is -0.116. The van der Waals surface area contributed by atoms with Gasteiger partial charge in [-0.15, -0.1) is 0 Å². The highest BCUT2D eigenvalue weighted by Crippen LogP contribution is 2.28. The van der Waals surface area contributed by atoms with Crippen molar-refractivity contribution in [2.45, 2.75) is 38.0 Å². The molecule has 0 aliphatic carbocycles. The van der Waals surface area contributed by atoms with Crippen LogP contribution in [0, 0.1) is 13.8 Å². The Morgan fingerprint density at radius 3 is 2.34 bits per heavy atom. The minimum absolute atomic E-state index is 0.0732. The Bertz CT molecular complexity index is 1080. The van der Waals surface area contributed by atoms with E-state index in [1.54, 1.807) is 33.1 Å². The van der Waals surface area contributed by atoms with E-state index in [2.05, 4.69) is 23.3 Å². The van der Waals surface area contributed by atoms with Gasteiger partial charge in [0.1, 0.15) is 5.75 Å². The topological polar surface area (TPSA) is 79.0 Å². The fraction of sp³-hybridized carbons (Fsp3) is 0.458. The number of hydrogen-bond donors (Lipinski definition) is 1. The van der Waals surface area contributed by atoms with Gasteiger partial charge in [-0.2, -0.15) is 0 Å². The molecule has 0 spiro atoms. The number of aryl methyl sites for hydroxylation is 2. The molecule has 1 aliphatic rings. The molecule has 7 nitrogen and oxygen atoms in total. The van der Waals surface area contributed by atoms with Crippen LogP contribution in [0.25, 0.3) is 0 Å². The van der Waals surface area contributed by atoms with Gasteiger partial charge in [0.15, 0.2) is 0 Å². The number of benzene rings is 2. The predicted octanol–water partition coefficient (Wildman–Crippen LogP) is 2.99. The number of rotatable bonds is 7. The number of hydrogen-bond acceptors (Lipinski definition) is 5. The number of carbonyl (C=O) groups is 1. The van der Waals surface area contributed by atoms with Crippen LogP contribution in [0.2, 0.25) is 0 Å². The number of nitrogens with zero attached hydrogens (tertiary/aromatic N) is 2. The summed E-state index contributed by atoms with van der Waals surface area (Å²) in [5, 5.41) is 2.92. The lowest BCUT2D eigenvalue weighted by atomic mass is 10.0. The van der Waals surface area contributed by atoms with Crippen molar-refractivity contribution in [1.29, 1.82) is 0 Å². The Morgan fingerprint density at radius 2 is 1.72 bits per heavy atom. The maximum atomic E-state index is 13.1. The molecule has 1 heterocycles. The zero-order chi connectivity index (χ0) is 23.5. The third-order valence-electron chi connectivity index (χ3n) is 6.01. The second kappa shape index (κ2) is 10.0. The van der Waals surface area contributed by atoms with E-state index in [0.29, 0.717) is 16.9 Å². The van der Waals surface area contributed by atoms with E-state index in [4.69, 9.17) is 4.74 Å². The first-order valence-corrected chi connectivity index (χ1v) is 12.3. The summed E-state index contributed by atoms with van der Waals surface area (Å²) in [5.74, 6) is 0.411. The summed E-state index contributed by atoms with van der Waals surface area (Å²) < 4.78 is 32.7. The molecule has 1 N–H and O–H groups in total. The Morgan fingerprint density at radius 1 is 1.09 bits per heavy atom. The maximum Gasteiger partial charge on any atom is 0.243 e. The number of anilines is 1. The molecule has 32 heavy (non-hydrogen) atoms. The number of fused-ring (bicyclic) bond motifs is 1. The van der Waals surface area contributed by atoms with E-state index >= 15 is 0 Å². The van der Waals surface area contributed by atoms with Crippen molar-refractivity contribution >= 4 is 21.6 Å². The fourth-order valence-electron chi connectivity index (χ4n) is 4.11. The third-order valence-corrected chi connectivity index (χ3v) is 8.17. The number of methoxy groups -OCH3 is 1. The van der Waals surface area contributed by atoms with Gasteiger partial charge < -0.3 is 15.0 Å². The van der Waals surface area contributed by atoms with Crippen LogP contribution in [-0.4, -0.2) is 64.4 Å². The van der Waals surface area contributed by atoms with Gasteiger partial charge in [-0.25, -0.2) is 12.7 Å². The van der Waals surface area contributed by atoms with Crippen molar-refractivity contribution < 1.29 is 17.9 Å². The molecule has 8 heteroatoms. The highest BCUT2D eigenvalue weighted by molar-refractivity contribution is 7.89. The number of nitrogens with one attached hydrogen (secondary N) is 1. The third kappa shape index (κ3) is 5.49. The molecule has 0 saturated carbocycles. The standard InChI is InChI=1S/C24H33N3O4S/c1-17-14-22(31-5)15-18(2)24(17)32(29,30)27(4)13-10-23(28)25-21-7-6-19-8-11-26(3)12-9-20(19)16-21/h6-7,14-16H,8-13H2,1-5H3,(H,25,28).